The molecule has 0 aliphatic heterocycles. The Morgan fingerprint density at radius 1 is 0.857 bits per heavy atom. The predicted octanol–water partition coefficient (Wildman–Crippen LogP) is 5.57. The smallest absolute Gasteiger partial charge is 0.0104 e. The van der Waals surface area contributed by atoms with Crippen LogP contribution in [0.1, 0.15) is 75.0 Å². The Bertz CT molecular complexity index is 363. The van der Waals surface area contributed by atoms with Crippen molar-refractivity contribution in [3.05, 3.63) is 34.9 Å². The van der Waals surface area contributed by atoms with Gasteiger partial charge in [-0.05, 0) is 39.3 Å². The van der Waals surface area contributed by atoms with Crippen LogP contribution in [0.3, 0.4) is 0 Å². The van der Waals surface area contributed by atoms with Gasteiger partial charge < -0.3 is 5.32 Å². The van der Waals surface area contributed by atoms with E-state index in [4.69, 9.17) is 0 Å². The van der Waals surface area contributed by atoms with Gasteiger partial charge in [-0.2, -0.15) is 0 Å². The highest BCUT2D eigenvalue weighted by molar-refractivity contribution is 5.29. The Morgan fingerprint density at radius 2 is 1.43 bits per heavy atom. The number of rotatable bonds is 11. The van der Waals surface area contributed by atoms with E-state index in [-0.39, 0.29) is 0 Å². The van der Waals surface area contributed by atoms with Crippen LogP contribution in [0.2, 0.25) is 0 Å². The summed E-state index contributed by atoms with van der Waals surface area (Å²) in [4.78, 5) is 0. The van der Waals surface area contributed by atoms with Crippen molar-refractivity contribution in [1.82, 2.24) is 5.32 Å². The van der Waals surface area contributed by atoms with Gasteiger partial charge in [0, 0.05) is 6.04 Å². The Balaban J connectivity index is 2.25. The molecule has 1 aromatic rings. The second-order valence-electron chi connectivity index (χ2n) is 6.60. The zero-order valence-corrected chi connectivity index (χ0v) is 14.7. The van der Waals surface area contributed by atoms with Crippen LogP contribution in [0.5, 0.6) is 0 Å². The van der Waals surface area contributed by atoms with Gasteiger partial charge in [0.1, 0.15) is 0 Å². The third-order valence-electron chi connectivity index (χ3n) is 4.33. The van der Waals surface area contributed by atoms with Crippen LogP contribution in [-0.4, -0.2) is 13.1 Å². The highest BCUT2D eigenvalue weighted by Crippen LogP contribution is 2.15. The van der Waals surface area contributed by atoms with Crippen molar-refractivity contribution in [3.8, 4) is 0 Å². The van der Waals surface area contributed by atoms with E-state index in [2.05, 4.69) is 51.3 Å². The molecule has 1 atom stereocenters. The molecular formula is C20H35N. The van der Waals surface area contributed by atoms with Crippen LogP contribution in [0.4, 0.5) is 0 Å². The first kappa shape index (κ1) is 18.2. The van der Waals surface area contributed by atoms with Crippen LogP contribution >= 0.6 is 0 Å². The lowest BCUT2D eigenvalue weighted by Crippen LogP contribution is -2.27. The van der Waals surface area contributed by atoms with E-state index in [0.717, 1.165) is 6.42 Å². The second-order valence-corrected chi connectivity index (χ2v) is 6.60. The minimum atomic E-state index is 0.627. The normalized spacial score (nSPS) is 12.6. The fraction of sp³-hybridized carbons (Fsp3) is 0.700. The number of hydrogen-bond acceptors (Lipinski definition) is 1. The summed E-state index contributed by atoms with van der Waals surface area (Å²) in [6.07, 6.45) is 12.2. The van der Waals surface area contributed by atoms with Crippen molar-refractivity contribution >= 4 is 0 Å². The lowest BCUT2D eigenvalue weighted by atomic mass is 9.97. The topological polar surface area (TPSA) is 12.0 Å². The summed E-state index contributed by atoms with van der Waals surface area (Å²) >= 11 is 0. The van der Waals surface area contributed by atoms with Crippen LogP contribution in [0, 0.1) is 13.8 Å². The number of nitrogens with one attached hydrogen (secondary N) is 1. The summed E-state index contributed by atoms with van der Waals surface area (Å²) in [5.74, 6) is 0. The van der Waals surface area contributed by atoms with Crippen molar-refractivity contribution in [1.29, 1.82) is 0 Å². The van der Waals surface area contributed by atoms with Gasteiger partial charge in [0.25, 0.3) is 0 Å². The lowest BCUT2D eigenvalue weighted by molar-refractivity contribution is 0.478. The van der Waals surface area contributed by atoms with E-state index in [1.165, 1.54) is 68.1 Å². The van der Waals surface area contributed by atoms with Gasteiger partial charge in [-0.3, -0.25) is 0 Å². The molecule has 0 aromatic heterocycles. The lowest BCUT2D eigenvalue weighted by Gasteiger charge is -2.17. The first-order valence-corrected chi connectivity index (χ1v) is 8.90. The number of aryl methyl sites for hydroxylation is 2. The van der Waals surface area contributed by atoms with Crippen molar-refractivity contribution in [3.63, 3.8) is 0 Å². The minimum Gasteiger partial charge on any atom is -0.317 e. The van der Waals surface area contributed by atoms with Crippen molar-refractivity contribution in [2.45, 2.75) is 84.6 Å². The van der Waals surface area contributed by atoms with Crippen LogP contribution in [0.25, 0.3) is 0 Å². The summed E-state index contributed by atoms with van der Waals surface area (Å²) in [6.45, 7) is 6.67. The molecule has 0 saturated heterocycles. The van der Waals surface area contributed by atoms with Gasteiger partial charge in [-0.15, -0.1) is 0 Å². The van der Waals surface area contributed by atoms with Crippen molar-refractivity contribution < 1.29 is 0 Å². The van der Waals surface area contributed by atoms with Crippen LogP contribution < -0.4 is 5.32 Å². The molecule has 0 bridgehead atoms. The maximum Gasteiger partial charge on any atom is 0.0104 e. The van der Waals surface area contributed by atoms with Gasteiger partial charge in [-0.25, -0.2) is 0 Å². The first-order chi connectivity index (χ1) is 10.2. The monoisotopic (exact) mass is 289 g/mol. The maximum absolute atomic E-state index is 3.50. The summed E-state index contributed by atoms with van der Waals surface area (Å²) in [5, 5.41) is 3.50. The van der Waals surface area contributed by atoms with Crippen LogP contribution in [-0.2, 0) is 6.42 Å². The van der Waals surface area contributed by atoms with E-state index < -0.39 is 0 Å². The molecule has 1 N–H and O–H groups in total. The fourth-order valence-electron chi connectivity index (χ4n) is 3.17. The second kappa shape index (κ2) is 10.8. The van der Waals surface area contributed by atoms with E-state index in [1.807, 2.05) is 0 Å². The SMILES string of the molecule is CCCCCCCCCC(Cc1cc(C)cc(C)c1)NC. The average molecular weight is 290 g/mol. The third-order valence-corrected chi connectivity index (χ3v) is 4.33. The van der Waals surface area contributed by atoms with E-state index in [1.54, 1.807) is 0 Å². The molecule has 0 fully saturated rings. The predicted molar refractivity (Wildman–Crippen MR) is 95.1 cm³/mol. The minimum absolute atomic E-state index is 0.627. The number of benzene rings is 1. The van der Waals surface area contributed by atoms with Crippen molar-refractivity contribution in [2.75, 3.05) is 7.05 Å². The number of unbranched alkanes of at least 4 members (excludes halogenated alkanes) is 6. The van der Waals surface area contributed by atoms with E-state index >= 15 is 0 Å². The molecule has 0 amide bonds. The molecule has 0 radical (unpaired) electrons. The Kier molecular flexibility index (Phi) is 9.41. The summed E-state index contributed by atoms with van der Waals surface area (Å²) in [5.41, 5.74) is 4.25. The fourth-order valence-corrected chi connectivity index (χ4v) is 3.17. The molecule has 1 unspecified atom stereocenters. The number of hydrogen-bond donors (Lipinski definition) is 1. The number of likely N-dealkylation sites (N-methyl/N-ethyl adjacent to an activating group) is 1. The molecule has 1 heteroatoms. The molecule has 0 saturated carbocycles. The zero-order valence-electron chi connectivity index (χ0n) is 14.7. The quantitative estimate of drug-likeness (QED) is 0.525. The van der Waals surface area contributed by atoms with Gasteiger partial charge in [0.15, 0.2) is 0 Å². The first-order valence-electron chi connectivity index (χ1n) is 8.90. The maximum atomic E-state index is 3.50. The van der Waals surface area contributed by atoms with Gasteiger partial charge in [0.2, 0.25) is 0 Å². The molecule has 1 rings (SSSR count). The van der Waals surface area contributed by atoms with Gasteiger partial charge in [0.05, 0.1) is 0 Å². The molecule has 0 spiro atoms. The van der Waals surface area contributed by atoms with Gasteiger partial charge in [-0.1, -0.05) is 81.2 Å². The molecule has 120 valence electrons. The van der Waals surface area contributed by atoms with E-state index in [0.29, 0.717) is 6.04 Å². The summed E-state index contributed by atoms with van der Waals surface area (Å²) < 4.78 is 0. The highest BCUT2D eigenvalue weighted by atomic mass is 14.9. The zero-order chi connectivity index (χ0) is 15.5. The molecule has 0 aliphatic rings. The Hall–Kier alpha value is -0.820. The van der Waals surface area contributed by atoms with Crippen molar-refractivity contribution in [2.24, 2.45) is 0 Å². The largest absolute Gasteiger partial charge is 0.317 e. The molecule has 0 heterocycles. The molecule has 1 nitrogen and oxygen atoms in total. The van der Waals surface area contributed by atoms with Gasteiger partial charge >= 0.3 is 0 Å². The third kappa shape index (κ3) is 8.26. The highest BCUT2D eigenvalue weighted by Gasteiger charge is 2.07. The Labute approximate surface area is 132 Å². The Morgan fingerprint density at radius 3 is 2.00 bits per heavy atom. The van der Waals surface area contributed by atoms with Crippen LogP contribution in [0.15, 0.2) is 18.2 Å². The molecule has 21 heavy (non-hydrogen) atoms. The molecule has 1 aromatic carbocycles. The molecule has 0 aliphatic carbocycles. The standard InChI is InChI=1S/C20H35N/c1-5-6-7-8-9-10-11-12-20(21-4)16-19-14-17(2)13-18(3)15-19/h13-15,20-21H,5-12,16H2,1-4H3. The molecular weight excluding hydrogens is 254 g/mol. The summed E-state index contributed by atoms with van der Waals surface area (Å²) in [6, 6.07) is 7.56. The van der Waals surface area contributed by atoms with E-state index in [9.17, 15) is 0 Å². The average Bonchev–Trinajstić information content (AvgIpc) is 2.44. The summed E-state index contributed by atoms with van der Waals surface area (Å²) in [7, 11) is 2.11.